The van der Waals surface area contributed by atoms with Gasteiger partial charge < -0.3 is 19.5 Å². The summed E-state index contributed by atoms with van der Waals surface area (Å²) in [6.45, 7) is 2.14. The number of benzene rings is 2. The van der Waals surface area contributed by atoms with Crippen molar-refractivity contribution in [2.75, 3.05) is 12.4 Å². The number of fused-ring (bicyclic) bond motifs is 1. The van der Waals surface area contributed by atoms with E-state index in [1.165, 1.54) is 18.9 Å². The lowest BCUT2D eigenvalue weighted by atomic mass is 10.1. The summed E-state index contributed by atoms with van der Waals surface area (Å²) in [5, 5.41) is 7.13. The van der Waals surface area contributed by atoms with Gasteiger partial charge in [-0.05, 0) is 42.3 Å². The van der Waals surface area contributed by atoms with Gasteiger partial charge in [0, 0.05) is 31.1 Å². The van der Waals surface area contributed by atoms with Crippen LogP contribution < -0.4 is 10.1 Å². The smallest absolute Gasteiger partial charge is 0.208 e. The highest BCUT2D eigenvalue weighted by Crippen LogP contribution is 2.28. The maximum absolute atomic E-state index is 5.99. The van der Waals surface area contributed by atoms with Crippen LogP contribution in [0.25, 0.3) is 11.0 Å². The monoisotopic (exact) mass is 401 g/mol. The van der Waals surface area contributed by atoms with E-state index < -0.39 is 0 Å². The Morgan fingerprint density at radius 2 is 1.97 bits per heavy atom. The van der Waals surface area contributed by atoms with Crippen molar-refractivity contribution in [2.24, 2.45) is 12.2 Å². The standard InChI is InChI=1S/C23H23N5O2/c1-4-16-6-5-7-17(12-16)26-23-27-21-14-19(8-9-22(21)28(23)2)30-20-10-11-24-18(13-20)15-25-29-3/h5-15H,4H2,1-3H3,(H,26,27)/b25-15+. The lowest BCUT2D eigenvalue weighted by Gasteiger charge is -2.07. The van der Waals surface area contributed by atoms with Crippen LogP contribution in [0, 0.1) is 0 Å². The van der Waals surface area contributed by atoms with Crippen LogP contribution in [0.4, 0.5) is 11.6 Å². The number of oxime groups is 1. The van der Waals surface area contributed by atoms with E-state index in [0.29, 0.717) is 17.2 Å². The molecule has 2 aromatic carbocycles. The zero-order valence-corrected chi connectivity index (χ0v) is 17.2. The number of ether oxygens (including phenoxy) is 1. The number of imidazole rings is 1. The number of aryl methyl sites for hydroxylation is 2. The second-order valence-corrected chi connectivity index (χ2v) is 6.76. The molecule has 4 aromatic rings. The molecule has 0 radical (unpaired) electrons. The minimum Gasteiger partial charge on any atom is -0.457 e. The molecule has 0 unspecified atom stereocenters. The summed E-state index contributed by atoms with van der Waals surface area (Å²) < 4.78 is 8.02. The highest BCUT2D eigenvalue weighted by Gasteiger charge is 2.10. The summed E-state index contributed by atoms with van der Waals surface area (Å²) in [5.41, 5.74) is 4.81. The molecule has 1 N–H and O–H groups in total. The van der Waals surface area contributed by atoms with Crippen molar-refractivity contribution in [3.8, 4) is 11.5 Å². The largest absolute Gasteiger partial charge is 0.457 e. The highest BCUT2D eigenvalue weighted by molar-refractivity contribution is 5.81. The van der Waals surface area contributed by atoms with E-state index >= 15 is 0 Å². The maximum Gasteiger partial charge on any atom is 0.208 e. The van der Waals surface area contributed by atoms with Gasteiger partial charge in [0.1, 0.15) is 18.6 Å². The molecule has 2 heterocycles. The van der Waals surface area contributed by atoms with Crippen LogP contribution in [0.1, 0.15) is 18.2 Å². The molecule has 0 fully saturated rings. The van der Waals surface area contributed by atoms with Gasteiger partial charge in [-0.1, -0.05) is 24.2 Å². The molecule has 30 heavy (non-hydrogen) atoms. The summed E-state index contributed by atoms with van der Waals surface area (Å²) in [6, 6.07) is 17.8. The van der Waals surface area contributed by atoms with Crippen LogP contribution in [0.15, 0.2) is 65.9 Å². The van der Waals surface area contributed by atoms with Crippen LogP contribution in [-0.2, 0) is 18.3 Å². The van der Waals surface area contributed by atoms with Crippen molar-refractivity contribution in [1.29, 1.82) is 0 Å². The van der Waals surface area contributed by atoms with Gasteiger partial charge in [-0.15, -0.1) is 0 Å². The minimum atomic E-state index is 0.647. The van der Waals surface area contributed by atoms with Gasteiger partial charge in [0.2, 0.25) is 5.95 Å². The third kappa shape index (κ3) is 4.25. The Morgan fingerprint density at radius 3 is 2.80 bits per heavy atom. The molecule has 7 heteroatoms. The van der Waals surface area contributed by atoms with Crippen molar-refractivity contribution in [3.05, 3.63) is 72.1 Å². The Bertz CT molecular complexity index is 1200. The molecule has 0 aliphatic heterocycles. The first-order valence-corrected chi connectivity index (χ1v) is 9.69. The van der Waals surface area contributed by atoms with Crippen LogP contribution >= 0.6 is 0 Å². The zero-order valence-electron chi connectivity index (χ0n) is 17.2. The van der Waals surface area contributed by atoms with Crippen molar-refractivity contribution in [2.45, 2.75) is 13.3 Å². The molecule has 7 nitrogen and oxygen atoms in total. The van der Waals surface area contributed by atoms with Crippen molar-refractivity contribution in [3.63, 3.8) is 0 Å². The molecular weight excluding hydrogens is 378 g/mol. The second kappa shape index (κ2) is 8.65. The predicted molar refractivity (Wildman–Crippen MR) is 119 cm³/mol. The fourth-order valence-corrected chi connectivity index (χ4v) is 3.16. The third-order valence-electron chi connectivity index (χ3n) is 4.72. The highest BCUT2D eigenvalue weighted by atomic mass is 16.6. The number of hydrogen-bond acceptors (Lipinski definition) is 6. The van der Waals surface area contributed by atoms with Gasteiger partial charge in [0.15, 0.2) is 0 Å². The number of aromatic nitrogens is 3. The summed E-state index contributed by atoms with van der Waals surface area (Å²) in [5.74, 6) is 2.13. The summed E-state index contributed by atoms with van der Waals surface area (Å²) in [6.07, 6.45) is 4.19. The quantitative estimate of drug-likeness (QED) is 0.347. The first-order valence-electron chi connectivity index (χ1n) is 9.69. The number of hydrogen-bond donors (Lipinski definition) is 1. The lowest BCUT2D eigenvalue weighted by Crippen LogP contribution is -1.99. The summed E-state index contributed by atoms with van der Waals surface area (Å²) >= 11 is 0. The second-order valence-electron chi connectivity index (χ2n) is 6.76. The number of rotatable bonds is 7. The Kier molecular flexibility index (Phi) is 5.61. The molecule has 0 amide bonds. The van der Waals surface area contributed by atoms with Crippen LogP contribution in [-0.4, -0.2) is 27.9 Å². The molecule has 2 aromatic heterocycles. The third-order valence-corrected chi connectivity index (χ3v) is 4.72. The van der Waals surface area contributed by atoms with E-state index in [-0.39, 0.29) is 0 Å². The van der Waals surface area contributed by atoms with Crippen molar-refractivity contribution >= 4 is 28.9 Å². The maximum atomic E-state index is 5.99. The minimum absolute atomic E-state index is 0.647. The molecule has 0 spiro atoms. The molecule has 152 valence electrons. The normalized spacial score (nSPS) is 11.2. The van der Waals surface area contributed by atoms with Crippen LogP contribution in [0.5, 0.6) is 11.5 Å². The zero-order chi connectivity index (χ0) is 20.9. The van der Waals surface area contributed by atoms with Crippen molar-refractivity contribution < 1.29 is 9.57 Å². The SMILES string of the molecule is CCc1cccc(Nc2nc3cc(Oc4ccnc(/C=N/OC)c4)ccc3n2C)c1. The van der Waals surface area contributed by atoms with Gasteiger partial charge in [0.05, 0.1) is 22.9 Å². The average molecular weight is 401 g/mol. The van der Waals surface area contributed by atoms with E-state index in [0.717, 1.165) is 29.1 Å². The molecule has 0 aliphatic carbocycles. The Labute approximate surface area is 175 Å². The molecular formula is C23H23N5O2. The van der Waals surface area contributed by atoms with E-state index in [4.69, 9.17) is 14.6 Å². The van der Waals surface area contributed by atoms with Gasteiger partial charge in [-0.3, -0.25) is 4.98 Å². The van der Waals surface area contributed by atoms with Gasteiger partial charge in [0.25, 0.3) is 0 Å². The van der Waals surface area contributed by atoms with Gasteiger partial charge in [-0.25, -0.2) is 4.98 Å². The average Bonchev–Trinajstić information content (AvgIpc) is 3.07. The number of anilines is 2. The Hall–Kier alpha value is -3.87. The Balaban J connectivity index is 1.58. The number of nitrogens with zero attached hydrogens (tertiary/aromatic N) is 4. The van der Waals surface area contributed by atoms with Crippen LogP contribution in [0.2, 0.25) is 0 Å². The fourth-order valence-electron chi connectivity index (χ4n) is 3.16. The Morgan fingerprint density at radius 1 is 1.10 bits per heavy atom. The first-order chi connectivity index (χ1) is 14.7. The van der Waals surface area contributed by atoms with E-state index in [2.05, 4.69) is 40.6 Å². The summed E-state index contributed by atoms with van der Waals surface area (Å²) in [7, 11) is 3.48. The first kappa shape index (κ1) is 19.4. The number of pyridine rings is 1. The lowest BCUT2D eigenvalue weighted by molar-refractivity contribution is 0.215. The van der Waals surface area contributed by atoms with E-state index in [1.807, 2.05) is 35.9 Å². The van der Waals surface area contributed by atoms with Crippen molar-refractivity contribution in [1.82, 2.24) is 14.5 Å². The van der Waals surface area contributed by atoms with Crippen LogP contribution in [0.3, 0.4) is 0 Å². The fraction of sp³-hybridized carbons (Fsp3) is 0.174. The molecule has 0 saturated carbocycles. The van der Waals surface area contributed by atoms with E-state index in [9.17, 15) is 0 Å². The molecule has 4 rings (SSSR count). The molecule has 0 aliphatic rings. The molecule has 0 atom stereocenters. The number of nitrogens with one attached hydrogen (secondary N) is 1. The summed E-state index contributed by atoms with van der Waals surface area (Å²) in [4.78, 5) is 13.6. The van der Waals surface area contributed by atoms with Gasteiger partial charge in [-0.2, -0.15) is 0 Å². The topological polar surface area (TPSA) is 73.6 Å². The molecule has 0 bridgehead atoms. The van der Waals surface area contributed by atoms with Gasteiger partial charge >= 0.3 is 0 Å². The van der Waals surface area contributed by atoms with E-state index in [1.54, 1.807) is 18.3 Å². The predicted octanol–water partition coefficient (Wildman–Crippen LogP) is 5.05. The molecule has 0 saturated heterocycles.